The molecule has 2 heterocycles. The zero-order valence-electron chi connectivity index (χ0n) is 10.2. The number of carbonyl (C=O) groups is 1. The maximum absolute atomic E-state index is 11.8. The van der Waals surface area contributed by atoms with Gasteiger partial charge in [-0.25, -0.2) is 9.78 Å². The Hall–Kier alpha value is -1.78. The van der Waals surface area contributed by atoms with Gasteiger partial charge in [0.2, 0.25) is 0 Å². The van der Waals surface area contributed by atoms with E-state index in [1.165, 1.54) is 0 Å². The molecule has 2 aromatic heterocycles. The molecule has 0 saturated carbocycles. The molecule has 5 heteroatoms. The van der Waals surface area contributed by atoms with Crippen LogP contribution >= 0.6 is 0 Å². The molecule has 0 bridgehead atoms. The number of imidazole rings is 1. The lowest BCUT2D eigenvalue weighted by Crippen LogP contribution is -2.15. The molecule has 0 saturated heterocycles. The summed E-state index contributed by atoms with van der Waals surface area (Å²) < 4.78 is 6.82. The lowest BCUT2D eigenvalue weighted by atomic mass is 9.74. The predicted molar refractivity (Wildman–Crippen MR) is 67.1 cm³/mol. The van der Waals surface area contributed by atoms with Crippen LogP contribution in [0.15, 0.2) is 18.3 Å². The predicted octanol–water partition coefficient (Wildman–Crippen LogP) is 1.20. The highest BCUT2D eigenvalue weighted by atomic mass is 16.5. The van der Waals surface area contributed by atoms with E-state index in [2.05, 4.69) is 4.98 Å². The Labute approximate surface area is 101 Å². The molecule has 0 aliphatic rings. The number of aromatic nitrogens is 2. The normalized spacial score (nSPS) is 10.5. The van der Waals surface area contributed by atoms with Crippen LogP contribution in [0.2, 0.25) is 6.82 Å². The van der Waals surface area contributed by atoms with Crippen molar-refractivity contribution in [1.82, 2.24) is 9.38 Å². The third kappa shape index (κ3) is 2.05. The molecule has 2 aromatic rings. The molecule has 0 atom stereocenters. The first-order valence-corrected chi connectivity index (χ1v) is 5.62. The summed E-state index contributed by atoms with van der Waals surface area (Å²) in [6.07, 6.45) is 1.89. The van der Waals surface area contributed by atoms with Crippen molar-refractivity contribution in [3.8, 4) is 0 Å². The summed E-state index contributed by atoms with van der Waals surface area (Å²) in [6.45, 7) is 5.93. The van der Waals surface area contributed by atoms with Crippen LogP contribution in [0.4, 0.5) is 0 Å². The van der Waals surface area contributed by atoms with E-state index < -0.39 is 0 Å². The third-order valence-electron chi connectivity index (χ3n) is 2.62. The Bertz CT molecular complexity index is 563. The number of hydrogen-bond donors (Lipinski definition) is 0. The highest BCUT2D eigenvalue weighted by Crippen LogP contribution is 2.12. The lowest BCUT2D eigenvalue weighted by Gasteiger charge is -2.04. The van der Waals surface area contributed by atoms with Crippen LogP contribution in [0.5, 0.6) is 0 Å². The Kier molecular flexibility index (Phi) is 3.18. The van der Waals surface area contributed by atoms with Gasteiger partial charge in [0.25, 0.3) is 0 Å². The molecule has 0 unspecified atom stereocenters. The minimum absolute atomic E-state index is 0.328. The maximum Gasteiger partial charge on any atom is 0.357 e. The van der Waals surface area contributed by atoms with E-state index in [-0.39, 0.29) is 5.97 Å². The molecule has 0 aliphatic carbocycles. The molecule has 0 aliphatic heterocycles. The maximum atomic E-state index is 11.8. The van der Waals surface area contributed by atoms with Crippen molar-refractivity contribution in [2.24, 2.45) is 0 Å². The van der Waals surface area contributed by atoms with Crippen molar-refractivity contribution in [2.75, 3.05) is 6.61 Å². The Balaban J connectivity index is 2.60. The van der Waals surface area contributed by atoms with Crippen molar-refractivity contribution in [3.63, 3.8) is 0 Å². The third-order valence-corrected chi connectivity index (χ3v) is 2.62. The smallest absolute Gasteiger partial charge is 0.357 e. The number of nitrogens with zero attached hydrogens (tertiary/aromatic N) is 2. The number of pyridine rings is 1. The monoisotopic (exact) mass is 229 g/mol. The average Bonchev–Trinajstić information content (AvgIpc) is 2.64. The topological polar surface area (TPSA) is 43.6 Å². The van der Waals surface area contributed by atoms with Crippen molar-refractivity contribution >= 4 is 24.4 Å². The number of hydrogen-bond acceptors (Lipinski definition) is 3. The molecule has 2 rings (SSSR count). The van der Waals surface area contributed by atoms with Crippen molar-refractivity contribution in [1.29, 1.82) is 0 Å². The summed E-state index contributed by atoms with van der Waals surface area (Å²) in [5, 5.41) is 0. The van der Waals surface area contributed by atoms with Crippen LogP contribution in [0.3, 0.4) is 0 Å². The van der Waals surface area contributed by atoms with Gasteiger partial charge in [-0.1, -0.05) is 18.4 Å². The van der Waals surface area contributed by atoms with Gasteiger partial charge in [0.05, 0.1) is 12.3 Å². The summed E-state index contributed by atoms with van der Waals surface area (Å²) in [6, 6.07) is 3.86. The molecule has 17 heavy (non-hydrogen) atoms. The molecule has 0 spiro atoms. The van der Waals surface area contributed by atoms with Crippen LogP contribution in [0, 0.1) is 6.92 Å². The molecule has 87 valence electrons. The van der Waals surface area contributed by atoms with Crippen molar-refractivity contribution in [2.45, 2.75) is 20.7 Å². The van der Waals surface area contributed by atoms with Crippen LogP contribution in [0.1, 0.15) is 23.1 Å². The zero-order valence-corrected chi connectivity index (χ0v) is 10.2. The average molecular weight is 229 g/mol. The van der Waals surface area contributed by atoms with Gasteiger partial charge in [-0.05, 0) is 19.9 Å². The summed E-state index contributed by atoms with van der Waals surface area (Å²) in [4.78, 5) is 16.2. The SMILES string of the molecule is C[B]c1ccc2nc(C)c(C(=O)OCC)n2c1. The molecule has 0 aromatic carbocycles. The largest absolute Gasteiger partial charge is 0.461 e. The Morgan fingerprint density at radius 1 is 1.53 bits per heavy atom. The number of rotatable bonds is 3. The molecule has 0 N–H and O–H groups in total. The number of ether oxygens (including phenoxy) is 1. The van der Waals surface area contributed by atoms with Gasteiger partial charge >= 0.3 is 5.97 Å². The van der Waals surface area contributed by atoms with Crippen molar-refractivity contribution < 1.29 is 9.53 Å². The second kappa shape index (κ2) is 4.61. The standard InChI is InChI=1S/C12H14BN2O2/c1-4-17-12(16)11-8(2)14-10-6-5-9(13-3)7-15(10)11/h5-7H,4H2,1-3H3. The first kappa shape index (κ1) is 11.7. The quantitative estimate of drug-likeness (QED) is 0.586. The molecule has 1 radical (unpaired) electrons. The Morgan fingerprint density at radius 3 is 2.94 bits per heavy atom. The summed E-state index contributed by atoms with van der Waals surface area (Å²) in [5.41, 5.74) is 3.00. The fourth-order valence-corrected chi connectivity index (χ4v) is 1.79. The van der Waals surface area contributed by atoms with E-state index in [0.717, 1.165) is 11.1 Å². The van der Waals surface area contributed by atoms with Gasteiger partial charge in [-0.2, -0.15) is 0 Å². The van der Waals surface area contributed by atoms with Gasteiger partial charge in [0.15, 0.2) is 5.69 Å². The van der Waals surface area contributed by atoms with E-state index in [1.54, 1.807) is 11.3 Å². The van der Waals surface area contributed by atoms with Crippen LogP contribution in [0.25, 0.3) is 5.65 Å². The van der Waals surface area contributed by atoms with E-state index in [9.17, 15) is 4.79 Å². The highest BCUT2D eigenvalue weighted by molar-refractivity contribution is 6.51. The van der Waals surface area contributed by atoms with E-state index in [1.807, 2.05) is 39.4 Å². The minimum Gasteiger partial charge on any atom is -0.461 e. The Morgan fingerprint density at radius 2 is 2.29 bits per heavy atom. The first-order valence-electron chi connectivity index (χ1n) is 5.62. The molecular weight excluding hydrogens is 215 g/mol. The molecule has 4 nitrogen and oxygen atoms in total. The highest BCUT2D eigenvalue weighted by Gasteiger charge is 2.17. The van der Waals surface area contributed by atoms with E-state index in [4.69, 9.17) is 4.74 Å². The van der Waals surface area contributed by atoms with Crippen LogP contribution in [-0.4, -0.2) is 29.2 Å². The molecule has 0 fully saturated rings. The van der Waals surface area contributed by atoms with Crippen molar-refractivity contribution in [3.05, 3.63) is 29.7 Å². The second-order valence-corrected chi connectivity index (χ2v) is 3.75. The summed E-state index contributed by atoms with van der Waals surface area (Å²) >= 11 is 0. The number of esters is 1. The first-order chi connectivity index (χ1) is 8.17. The van der Waals surface area contributed by atoms with Gasteiger partial charge in [0.1, 0.15) is 12.9 Å². The summed E-state index contributed by atoms with van der Waals surface area (Å²) in [5.74, 6) is -0.328. The van der Waals surface area contributed by atoms with Crippen LogP contribution < -0.4 is 5.46 Å². The van der Waals surface area contributed by atoms with Gasteiger partial charge in [0, 0.05) is 6.20 Å². The molecular formula is C12H14BN2O2. The fourth-order valence-electron chi connectivity index (χ4n) is 1.79. The molecule has 0 amide bonds. The summed E-state index contributed by atoms with van der Waals surface area (Å²) in [7, 11) is 1.98. The van der Waals surface area contributed by atoms with Crippen LogP contribution in [-0.2, 0) is 4.74 Å². The number of fused-ring (bicyclic) bond motifs is 1. The fraction of sp³-hybridized carbons (Fsp3) is 0.333. The van der Waals surface area contributed by atoms with Gasteiger partial charge < -0.3 is 4.74 Å². The van der Waals surface area contributed by atoms with Gasteiger partial charge in [-0.3, -0.25) is 4.40 Å². The lowest BCUT2D eigenvalue weighted by molar-refractivity contribution is 0.0517. The number of aryl methyl sites for hydroxylation is 1. The van der Waals surface area contributed by atoms with Gasteiger partial charge in [-0.15, -0.1) is 0 Å². The van der Waals surface area contributed by atoms with E-state index >= 15 is 0 Å². The zero-order chi connectivity index (χ0) is 12.4. The second-order valence-electron chi connectivity index (χ2n) is 3.75. The number of carbonyl (C=O) groups excluding carboxylic acids is 1. The van der Waals surface area contributed by atoms with E-state index in [0.29, 0.717) is 18.0 Å². The minimum atomic E-state index is -0.328.